The van der Waals surface area contributed by atoms with Crippen LogP contribution in [0.15, 0.2) is 43.0 Å². The van der Waals surface area contributed by atoms with E-state index >= 15 is 0 Å². The molecule has 0 amide bonds. The molecule has 3 N–H and O–H groups in total. The number of benzene rings is 1. The number of carbonyl (C=O) groups is 5. The minimum atomic E-state index is -5.08. The van der Waals surface area contributed by atoms with Gasteiger partial charge in [0, 0.05) is 27.2 Å². The van der Waals surface area contributed by atoms with Gasteiger partial charge < -0.3 is 34.5 Å². The first-order chi connectivity index (χ1) is 22.1. The van der Waals surface area contributed by atoms with E-state index in [9.17, 15) is 32.3 Å². The molecule has 1 aromatic carbocycles. The molecular formula is C28H30F3N5O11. The molecule has 0 radical (unpaired) electrons. The van der Waals surface area contributed by atoms with E-state index < -0.39 is 66.6 Å². The minimum Gasteiger partial charge on any atom is -0.475 e. The third kappa shape index (κ3) is 10.2. The summed E-state index contributed by atoms with van der Waals surface area (Å²) in [7, 11) is 0. The number of ether oxygens (including phenoxy) is 5. The maximum Gasteiger partial charge on any atom is 0.490 e. The number of aromatic nitrogens is 4. The molecular weight excluding hydrogens is 639 g/mol. The Bertz CT molecular complexity index is 1590. The third-order valence-electron chi connectivity index (χ3n) is 6.23. The summed E-state index contributed by atoms with van der Waals surface area (Å²) in [6, 6.07) is 8.17. The highest BCUT2D eigenvalue weighted by Crippen LogP contribution is 2.36. The molecule has 254 valence electrons. The van der Waals surface area contributed by atoms with Crippen molar-refractivity contribution in [2.24, 2.45) is 5.73 Å². The number of imidazole rings is 1. The number of halogens is 3. The summed E-state index contributed by atoms with van der Waals surface area (Å²) in [5, 5.41) is 7.12. The van der Waals surface area contributed by atoms with Gasteiger partial charge in [-0.2, -0.15) is 13.2 Å². The second-order valence-electron chi connectivity index (χ2n) is 9.87. The second kappa shape index (κ2) is 15.9. The normalized spacial score (nSPS) is 19.6. The number of nitrogens with zero attached hydrogens (tertiary/aromatic N) is 4. The lowest BCUT2D eigenvalue weighted by Gasteiger charge is -2.23. The molecule has 0 spiro atoms. The quantitative estimate of drug-likeness (QED) is 0.230. The van der Waals surface area contributed by atoms with Crippen LogP contribution in [0.4, 0.5) is 13.2 Å². The highest BCUT2D eigenvalue weighted by molar-refractivity contribution is 5.78. The number of hydrogen-bond acceptors (Lipinski definition) is 14. The van der Waals surface area contributed by atoms with Gasteiger partial charge in [0.15, 0.2) is 24.1 Å². The lowest BCUT2D eigenvalue weighted by Crippen LogP contribution is -2.40. The molecule has 0 aliphatic carbocycles. The first kappa shape index (κ1) is 36.3. The maximum atomic E-state index is 12.5. The summed E-state index contributed by atoms with van der Waals surface area (Å²) in [5.41, 5.74) is 7.92. The number of nitrogens with two attached hydrogens (primary N) is 1. The number of alkyl halides is 3. The van der Waals surface area contributed by atoms with Gasteiger partial charge in [0.2, 0.25) is 0 Å². The molecule has 0 bridgehead atoms. The van der Waals surface area contributed by atoms with Crippen LogP contribution in [-0.4, -0.2) is 91.6 Å². The summed E-state index contributed by atoms with van der Waals surface area (Å²) in [4.78, 5) is 69.5. The number of aliphatic carboxylic acids is 1. The van der Waals surface area contributed by atoms with Crippen LogP contribution in [0.25, 0.3) is 11.2 Å². The van der Waals surface area contributed by atoms with Crippen LogP contribution >= 0.6 is 0 Å². The Morgan fingerprint density at radius 1 is 0.957 bits per heavy atom. The zero-order chi connectivity index (χ0) is 34.9. The predicted octanol–water partition coefficient (Wildman–Crippen LogP) is 1.40. The zero-order valence-electron chi connectivity index (χ0n) is 25.1. The van der Waals surface area contributed by atoms with Crippen LogP contribution in [0.2, 0.25) is 0 Å². The molecule has 16 nitrogen and oxygen atoms in total. The van der Waals surface area contributed by atoms with E-state index in [-0.39, 0.29) is 25.3 Å². The average Bonchev–Trinajstić information content (AvgIpc) is 3.56. The lowest BCUT2D eigenvalue weighted by atomic mass is 10.1. The largest absolute Gasteiger partial charge is 0.490 e. The molecule has 1 saturated heterocycles. The molecule has 47 heavy (non-hydrogen) atoms. The van der Waals surface area contributed by atoms with Crippen molar-refractivity contribution in [2.75, 3.05) is 6.61 Å². The summed E-state index contributed by atoms with van der Waals surface area (Å²) < 4.78 is 60.6. The first-order valence-electron chi connectivity index (χ1n) is 13.6. The Balaban J connectivity index is 0.000000771. The van der Waals surface area contributed by atoms with Gasteiger partial charge in [0.1, 0.15) is 37.2 Å². The van der Waals surface area contributed by atoms with Crippen molar-refractivity contribution in [1.82, 2.24) is 19.5 Å². The highest BCUT2D eigenvalue weighted by atomic mass is 19.4. The van der Waals surface area contributed by atoms with Crippen molar-refractivity contribution in [3.05, 3.63) is 54.2 Å². The molecule has 4 rings (SSSR count). The molecule has 0 unspecified atom stereocenters. The number of carbonyl (C=O) groups excluding carboxylic acids is 4. The monoisotopic (exact) mass is 669 g/mol. The van der Waals surface area contributed by atoms with Gasteiger partial charge in [0.05, 0.1) is 12.0 Å². The van der Waals surface area contributed by atoms with Gasteiger partial charge in [-0.05, 0) is 5.56 Å². The topological polar surface area (TPSA) is 221 Å². The van der Waals surface area contributed by atoms with E-state index in [0.717, 1.165) is 5.56 Å². The number of carboxylic acid groups (broad SMARTS) is 1. The van der Waals surface area contributed by atoms with Gasteiger partial charge in [-0.15, -0.1) is 0 Å². The molecule has 1 aliphatic heterocycles. The lowest BCUT2D eigenvalue weighted by molar-refractivity contribution is -0.192. The summed E-state index contributed by atoms with van der Waals surface area (Å²) in [6.45, 7) is 3.44. The Kier molecular flexibility index (Phi) is 12.3. The van der Waals surface area contributed by atoms with E-state index in [2.05, 4.69) is 15.0 Å². The number of carboxylic acids is 1. The molecule has 0 saturated carbocycles. The average molecular weight is 670 g/mol. The van der Waals surface area contributed by atoms with E-state index in [1.807, 2.05) is 30.3 Å². The van der Waals surface area contributed by atoms with Crippen LogP contribution in [0.3, 0.4) is 0 Å². The van der Waals surface area contributed by atoms with E-state index in [1.54, 1.807) is 0 Å². The SMILES string of the molecule is CC(=O)OC[C@H]1O[C@H](n2cnc3c(C[C@@H](N)C(=O)OCc4ccccc4)ncnc32)[C@H](OC(C)=O)[C@@H]1OC(C)=O.O=C(O)C(F)(F)F. The second-order valence-corrected chi connectivity index (χ2v) is 9.87. The molecule has 5 atom stereocenters. The Morgan fingerprint density at radius 2 is 1.57 bits per heavy atom. The van der Waals surface area contributed by atoms with Crippen molar-refractivity contribution < 1.29 is 65.9 Å². The summed E-state index contributed by atoms with van der Waals surface area (Å²) in [5.74, 6) is -5.23. The Morgan fingerprint density at radius 3 is 2.15 bits per heavy atom. The molecule has 3 aromatic rings. The Labute approximate surface area is 263 Å². The molecule has 1 aliphatic rings. The van der Waals surface area contributed by atoms with E-state index in [1.165, 1.54) is 38.0 Å². The van der Waals surface area contributed by atoms with Gasteiger partial charge in [-0.25, -0.2) is 19.7 Å². The van der Waals surface area contributed by atoms with Crippen LogP contribution in [0, 0.1) is 0 Å². The summed E-state index contributed by atoms with van der Waals surface area (Å²) in [6.07, 6.45) is -6.62. The molecule has 2 aromatic heterocycles. The van der Waals surface area contributed by atoms with Crippen molar-refractivity contribution in [3.8, 4) is 0 Å². The van der Waals surface area contributed by atoms with Crippen molar-refractivity contribution in [2.45, 2.75) is 70.6 Å². The molecule has 19 heteroatoms. The van der Waals surface area contributed by atoms with E-state index in [0.29, 0.717) is 11.2 Å². The first-order valence-corrected chi connectivity index (χ1v) is 13.6. The predicted molar refractivity (Wildman–Crippen MR) is 149 cm³/mol. The van der Waals surface area contributed by atoms with Crippen LogP contribution in [0.1, 0.15) is 38.3 Å². The van der Waals surface area contributed by atoms with Crippen molar-refractivity contribution in [1.29, 1.82) is 0 Å². The Hall–Kier alpha value is -5.17. The molecule has 1 fully saturated rings. The number of rotatable bonds is 10. The minimum absolute atomic E-state index is 0.00764. The zero-order valence-corrected chi connectivity index (χ0v) is 25.1. The van der Waals surface area contributed by atoms with Gasteiger partial charge in [-0.1, -0.05) is 30.3 Å². The number of hydrogen-bond donors (Lipinski definition) is 2. The van der Waals surface area contributed by atoms with Gasteiger partial charge >= 0.3 is 36.0 Å². The smallest absolute Gasteiger partial charge is 0.475 e. The fourth-order valence-corrected chi connectivity index (χ4v) is 4.28. The van der Waals surface area contributed by atoms with Gasteiger partial charge in [-0.3, -0.25) is 23.7 Å². The standard InChI is InChI=1S/C26H29N5O9.C2HF3O2/c1-14(32)36-11-20-22(38-15(2)33)23(39-16(3)34)25(40-20)31-13-30-21-19(28-12-29-24(21)31)9-18(27)26(35)37-10-17-7-5-4-6-8-17;3-2(4,5)1(6)7/h4-8,12-13,18,20,22-23,25H,9-11,27H2,1-3H3;(H,6,7)/t18-,20-,22-,23-,25+;/m1./s1. The fourth-order valence-electron chi connectivity index (χ4n) is 4.28. The van der Waals surface area contributed by atoms with E-state index in [4.69, 9.17) is 39.3 Å². The van der Waals surface area contributed by atoms with Crippen LogP contribution < -0.4 is 5.73 Å². The third-order valence-corrected chi connectivity index (χ3v) is 6.23. The molecule has 3 heterocycles. The van der Waals surface area contributed by atoms with Crippen LogP contribution in [-0.2, 0) is 60.7 Å². The maximum absolute atomic E-state index is 12.5. The van der Waals surface area contributed by atoms with Crippen molar-refractivity contribution >= 4 is 41.0 Å². The van der Waals surface area contributed by atoms with Crippen molar-refractivity contribution in [3.63, 3.8) is 0 Å². The highest BCUT2D eigenvalue weighted by Gasteiger charge is 2.51. The van der Waals surface area contributed by atoms with Crippen LogP contribution in [0.5, 0.6) is 0 Å². The van der Waals surface area contributed by atoms with Gasteiger partial charge in [0.25, 0.3) is 0 Å². The fraction of sp³-hybridized carbons (Fsp3) is 0.429. The number of esters is 4. The summed E-state index contributed by atoms with van der Waals surface area (Å²) >= 11 is 0. The number of fused-ring (bicyclic) bond motifs is 1.